The van der Waals surface area contributed by atoms with Crippen LogP contribution in [0.2, 0.25) is 0 Å². The number of nitrogens with zero attached hydrogens (tertiary/aromatic N) is 1. The summed E-state index contributed by atoms with van der Waals surface area (Å²) >= 11 is 1.53. The molecule has 0 aliphatic carbocycles. The second-order valence-electron chi connectivity index (χ2n) is 4.22. The first-order valence-electron chi connectivity index (χ1n) is 6.25. The number of hydrogen-bond donors (Lipinski definition) is 1. The quantitative estimate of drug-likeness (QED) is 0.677. The minimum absolute atomic E-state index is 0.136. The summed E-state index contributed by atoms with van der Waals surface area (Å²) in [5.41, 5.74) is 2.18. The highest BCUT2D eigenvalue weighted by Gasteiger charge is 2.08. The number of amides is 1. The van der Waals surface area contributed by atoms with Gasteiger partial charge in [0.05, 0.1) is 0 Å². The molecule has 0 radical (unpaired) electrons. The molecular formula is C16H14N2OS. The lowest BCUT2D eigenvalue weighted by atomic mass is 10.1. The standard InChI is InChI=1S/C16H14N2OS/c17-11-15(10-14-7-9-20-12-14)16(19)18-8-6-13-4-2-1-3-5-13/h1-5,7,9-10,12H,6,8H2,(H,18,19)/b15-10+. The second-order valence-corrected chi connectivity index (χ2v) is 5.00. The maximum atomic E-state index is 11.9. The van der Waals surface area contributed by atoms with Gasteiger partial charge in [-0.05, 0) is 40.5 Å². The average Bonchev–Trinajstić information content (AvgIpc) is 2.98. The zero-order chi connectivity index (χ0) is 14.2. The van der Waals surface area contributed by atoms with Gasteiger partial charge in [-0.25, -0.2) is 0 Å². The highest BCUT2D eigenvalue weighted by molar-refractivity contribution is 7.08. The van der Waals surface area contributed by atoms with Crippen molar-refractivity contribution < 1.29 is 4.79 Å². The molecule has 1 amide bonds. The van der Waals surface area contributed by atoms with Crippen molar-refractivity contribution in [3.05, 3.63) is 63.9 Å². The Morgan fingerprint density at radius 3 is 2.75 bits per heavy atom. The van der Waals surface area contributed by atoms with Gasteiger partial charge in [-0.2, -0.15) is 16.6 Å². The molecule has 2 rings (SSSR count). The number of benzene rings is 1. The van der Waals surface area contributed by atoms with Crippen LogP contribution in [0.5, 0.6) is 0 Å². The number of thiophene rings is 1. The van der Waals surface area contributed by atoms with Gasteiger partial charge in [-0.15, -0.1) is 0 Å². The van der Waals surface area contributed by atoms with Gasteiger partial charge in [0, 0.05) is 6.54 Å². The summed E-state index contributed by atoms with van der Waals surface area (Å²) in [6, 6.07) is 13.7. The monoisotopic (exact) mass is 282 g/mol. The number of rotatable bonds is 5. The third-order valence-electron chi connectivity index (χ3n) is 2.76. The first kappa shape index (κ1) is 14.0. The Labute approximate surface area is 122 Å². The van der Waals surface area contributed by atoms with Crippen LogP contribution in [0, 0.1) is 11.3 Å². The molecule has 20 heavy (non-hydrogen) atoms. The SMILES string of the molecule is N#C/C(=C\c1ccsc1)C(=O)NCCc1ccccc1. The van der Waals surface area contributed by atoms with E-state index in [9.17, 15) is 4.79 Å². The smallest absolute Gasteiger partial charge is 0.261 e. The zero-order valence-corrected chi connectivity index (χ0v) is 11.7. The number of carbonyl (C=O) groups is 1. The van der Waals surface area contributed by atoms with Gasteiger partial charge >= 0.3 is 0 Å². The third kappa shape index (κ3) is 4.08. The number of nitrogens with one attached hydrogen (secondary N) is 1. The van der Waals surface area contributed by atoms with Crippen LogP contribution in [-0.4, -0.2) is 12.5 Å². The van der Waals surface area contributed by atoms with Crippen LogP contribution < -0.4 is 5.32 Å². The first-order valence-corrected chi connectivity index (χ1v) is 7.20. The van der Waals surface area contributed by atoms with Crippen LogP contribution in [0.3, 0.4) is 0 Å². The molecule has 0 atom stereocenters. The Hall–Kier alpha value is -2.38. The molecule has 0 saturated carbocycles. The van der Waals surface area contributed by atoms with Crippen molar-refractivity contribution in [2.24, 2.45) is 0 Å². The van der Waals surface area contributed by atoms with E-state index in [1.165, 1.54) is 11.3 Å². The van der Waals surface area contributed by atoms with Gasteiger partial charge in [0.25, 0.3) is 5.91 Å². The highest BCUT2D eigenvalue weighted by Crippen LogP contribution is 2.10. The van der Waals surface area contributed by atoms with Gasteiger partial charge in [-0.1, -0.05) is 30.3 Å². The van der Waals surface area contributed by atoms with Crippen molar-refractivity contribution in [1.29, 1.82) is 5.26 Å². The number of hydrogen-bond acceptors (Lipinski definition) is 3. The molecular weight excluding hydrogens is 268 g/mol. The molecule has 2 aromatic rings. The molecule has 1 aromatic heterocycles. The Morgan fingerprint density at radius 2 is 2.10 bits per heavy atom. The summed E-state index contributed by atoms with van der Waals surface area (Å²) < 4.78 is 0. The summed E-state index contributed by atoms with van der Waals surface area (Å²) in [5.74, 6) is -0.324. The lowest BCUT2D eigenvalue weighted by Gasteiger charge is -2.04. The van der Waals surface area contributed by atoms with Crippen LogP contribution in [0.25, 0.3) is 6.08 Å². The fourth-order valence-electron chi connectivity index (χ4n) is 1.73. The number of carbonyl (C=O) groups excluding carboxylic acids is 1. The van der Waals surface area contributed by atoms with E-state index in [0.29, 0.717) is 6.54 Å². The summed E-state index contributed by atoms with van der Waals surface area (Å²) in [6.07, 6.45) is 2.36. The van der Waals surface area contributed by atoms with E-state index in [1.54, 1.807) is 6.08 Å². The van der Waals surface area contributed by atoms with Crippen molar-refractivity contribution in [2.75, 3.05) is 6.54 Å². The summed E-state index contributed by atoms with van der Waals surface area (Å²) in [5, 5.41) is 15.6. The van der Waals surface area contributed by atoms with E-state index in [4.69, 9.17) is 5.26 Å². The molecule has 1 aromatic carbocycles. The van der Waals surface area contributed by atoms with Crippen LogP contribution in [-0.2, 0) is 11.2 Å². The molecule has 0 unspecified atom stereocenters. The van der Waals surface area contributed by atoms with E-state index < -0.39 is 0 Å². The Bertz CT molecular complexity index is 624. The van der Waals surface area contributed by atoms with E-state index >= 15 is 0 Å². The molecule has 0 fully saturated rings. The van der Waals surface area contributed by atoms with E-state index in [0.717, 1.165) is 17.5 Å². The molecule has 0 saturated heterocycles. The Kier molecular flexibility index (Phi) is 5.10. The minimum Gasteiger partial charge on any atom is -0.351 e. The lowest BCUT2D eigenvalue weighted by molar-refractivity contribution is -0.117. The molecule has 0 bridgehead atoms. The molecule has 1 heterocycles. The molecule has 100 valence electrons. The lowest BCUT2D eigenvalue weighted by Crippen LogP contribution is -2.26. The predicted octanol–water partition coefficient (Wildman–Crippen LogP) is 3.01. The molecule has 1 N–H and O–H groups in total. The van der Waals surface area contributed by atoms with Gasteiger partial charge in [0.1, 0.15) is 11.6 Å². The molecule has 3 nitrogen and oxygen atoms in total. The fraction of sp³-hybridized carbons (Fsp3) is 0.125. The van der Waals surface area contributed by atoms with E-state index in [-0.39, 0.29) is 11.5 Å². The Morgan fingerprint density at radius 1 is 1.30 bits per heavy atom. The largest absolute Gasteiger partial charge is 0.351 e. The molecule has 0 aliphatic rings. The summed E-state index contributed by atoms with van der Waals surface area (Å²) in [7, 11) is 0. The van der Waals surface area contributed by atoms with Crippen LogP contribution in [0.4, 0.5) is 0 Å². The molecule has 0 aliphatic heterocycles. The van der Waals surface area contributed by atoms with Crippen molar-refractivity contribution in [3.63, 3.8) is 0 Å². The molecule has 0 spiro atoms. The molecule has 4 heteroatoms. The predicted molar refractivity (Wildman–Crippen MR) is 81.1 cm³/mol. The van der Waals surface area contributed by atoms with Gasteiger partial charge < -0.3 is 5.32 Å². The third-order valence-corrected chi connectivity index (χ3v) is 3.46. The van der Waals surface area contributed by atoms with Crippen LogP contribution in [0.1, 0.15) is 11.1 Å². The fourth-order valence-corrected chi connectivity index (χ4v) is 2.35. The zero-order valence-electron chi connectivity index (χ0n) is 10.9. The van der Waals surface area contributed by atoms with Gasteiger partial charge in [-0.3, -0.25) is 4.79 Å². The maximum Gasteiger partial charge on any atom is 0.261 e. The van der Waals surface area contributed by atoms with Gasteiger partial charge in [0.15, 0.2) is 0 Å². The summed E-state index contributed by atoms with van der Waals surface area (Å²) in [6.45, 7) is 0.519. The van der Waals surface area contributed by atoms with E-state index in [2.05, 4.69) is 5.32 Å². The minimum atomic E-state index is -0.324. The van der Waals surface area contributed by atoms with Crippen molar-refractivity contribution in [3.8, 4) is 6.07 Å². The first-order chi connectivity index (χ1) is 9.79. The van der Waals surface area contributed by atoms with Crippen molar-refractivity contribution in [1.82, 2.24) is 5.32 Å². The van der Waals surface area contributed by atoms with Crippen molar-refractivity contribution in [2.45, 2.75) is 6.42 Å². The van der Waals surface area contributed by atoms with E-state index in [1.807, 2.05) is 53.2 Å². The van der Waals surface area contributed by atoms with Crippen molar-refractivity contribution >= 4 is 23.3 Å². The second kappa shape index (κ2) is 7.27. The van der Waals surface area contributed by atoms with Crippen LogP contribution >= 0.6 is 11.3 Å². The highest BCUT2D eigenvalue weighted by atomic mass is 32.1. The van der Waals surface area contributed by atoms with Crippen LogP contribution in [0.15, 0.2) is 52.7 Å². The Balaban J connectivity index is 1.89. The summed E-state index contributed by atoms with van der Waals surface area (Å²) in [4.78, 5) is 11.9. The average molecular weight is 282 g/mol. The van der Waals surface area contributed by atoms with Gasteiger partial charge in [0.2, 0.25) is 0 Å². The maximum absolute atomic E-state index is 11.9. The normalized spacial score (nSPS) is 10.8. The number of nitriles is 1. The topological polar surface area (TPSA) is 52.9 Å².